The molecule has 10 heteroatoms. The van der Waals surface area contributed by atoms with Crippen LogP contribution in [0.3, 0.4) is 0 Å². The molecular weight excluding hydrogens is 444 g/mol. The highest BCUT2D eigenvalue weighted by Gasteiger charge is 2.34. The number of nitrogens with zero attached hydrogens (tertiary/aromatic N) is 3. The topological polar surface area (TPSA) is 123 Å². The first kappa shape index (κ1) is 22.6. The summed E-state index contributed by atoms with van der Waals surface area (Å²) in [4.78, 5) is 27.1. The lowest BCUT2D eigenvalue weighted by atomic mass is 9.99. The lowest BCUT2D eigenvalue weighted by Gasteiger charge is -2.34. The number of piperidine rings is 1. The number of sulfonamides is 1. The number of anilines is 1. The van der Waals surface area contributed by atoms with Crippen molar-refractivity contribution in [2.45, 2.75) is 30.2 Å². The summed E-state index contributed by atoms with van der Waals surface area (Å²) in [6.07, 6.45) is 5.81. The Bertz CT molecular complexity index is 1260. The van der Waals surface area contributed by atoms with E-state index < -0.39 is 20.9 Å². The maximum Gasteiger partial charge on any atom is 0.270 e. The second kappa shape index (κ2) is 9.47. The third-order valence-electron chi connectivity index (χ3n) is 5.56. The minimum atomic E-state index is -3.75. The van der Waals surface area contributed by atoms with E-state index in [2.05, 4.69) is 10.3 Å². The van der Waals surface area contributed by atoms with Crippen LogP contribution < -0.4 is 5.32 Å². The lowest BCUT2D eigenvalue weighted by molar-refractivity contribution is -0.384. The molecule has 1 fully saturated rings. The zero-order valence-corrected chi connectivity index (χ0v) is 18.4. The number of carbonyl (C=O) groups is 1. The summed E-state index contributed by atoms with van der Waals surface area (Å²) in [6.45, 7) is 0.424. The van der Waals surface area contributed by atoms with Crippen molar-refractivity contribution in [3.63, 3.8) is 0 Å². The van der Waals surface area contributed by atoms with Gasteiger partial charge in [-0.2, -0.15) is 4.31 Å². The summed E-state index contributed by atoms with van der Waals surface area (Å²) >= 11 is 0. The molecule has 0 aliphatic carbocycles. The number of nitrogens with one attached hydrogen (secondary N) is 1. The molecule has 0 saturated carbocycles. The largest absolute Gasteiger partial charge is 0.322 e. The minimum Gasteiger partial charge on any atom is -0.322 e. The van der Waals surface area contributed by atoms with Crippen LogP contribution >= 0.6 is 0 Å². The number of amides is 1. The molecular formula is C23H22N4O5S. The molecule has 0 unspecified atom stereocenters. The predicted molar refractivity (Wildman–Crippen MR) is 122 cm³/mol. The monoisotopic (exact) mass is 466 g/mol. The van der Waals surface area contributed by atoms with Gasteiger partial charge >= 0.3 is 0 Å². The van der Waals surface area contributed by atoms with Crippen molar-refractivity contribution in [3.05, 3.63) is 94.3 Å². The van der Waals surface area contributed by atoms with E-state index in [1.165, 1.54) is 52.8 Å². The number of nitro benzene ring substituents is 1. The highest BCUT2D eigenvalue weighted by atomic mass is 32.2. The van der Waals surface area contributed by atoms with Gasteiger partial charge in [-0.05, 0) is 54.8 Å². The Hall–Kier alpha value is -3.63. The Labute approximate surface area is 191 Å². The second-order valence-electron chi connectivity index (χ2n) is 7.70. The highest BCUT2D eigenvalue weighted by molar-refractivity contribution is 7.89. The van der Waals surface area contributed by atoms with Crippen LogP contribution in [0.4, 0.5) is 11.4 Å². The van der Waals surface area contributed by atoms with Crippen LogP contribution in [-0.2, 0) is 10.0 Å². The normalized spacial score (nSPS) is 16.8. The van der Waals surface area contributed by atoms with Crippen molar-refractivity contribution >= 4 is 27.3 Å². The van der Waals surface area contributed by atoms with Crippen molar-refractivity contribution in [3.8, 4) is 0 Å². The molecule has 1 N–H and O–H groups in total. The summed E-state index contributed by atoms with van der Waals surface area (Å²) in [7, 11) is -3.75. The number of hydrogen-bond acceptors (Lipinski definition) is 6. The Morgan fingerprint density at radius 1 is 1.09 bits per heavy atom. The van der Waals surface area contributed by atoms with Gasteiger partial charge in [-0.3, -0.25) is 19.9 Å². The Morgan fingerprint density at radius 3 is 2.58 bits per heavy atom. The van der Waals surface area contributed by atoms with Gasteiger partial charge in [0.25, 0.3) is 11.6 Å². The van der Waals surface area contributed by atoms with Gasteiger partial charge in [0.2, 0.25) is 10.0 Å². The van der Waals surface area contributed by atoms with Crippen molar-refractivity contribution in [1.82, 2.24) is 9.29 Å². The SMILES string of the molecule is O=C(Nc1ccc(S(=O)(=O)N2CCCC[C@H]2c2cccnc2)cc1)c1cccc([N+](=O)[O-])c1. The number of nitro groups is 1. The van der Waals surface area contributed by atoms with Gasteiger partial charge in [0.05, 0.1) is 15.9 Å². The molecule has 170 valence electrons. The number of benzene rings is 2. The third kappa shape index (κ3) is 4.91. The molecule has 2 aromatic carbocycles. The fourth-order valence-corrected chi connectivity index (χ4v) is 5.59. The fourth-order valence-electron chi connectivity index (χ4n) is 3.91. The molecule has 1 saturated heterocycles. The lowest BCUT2D eigenvalue weighted by Crippen LogP contribution is -2.38. The smallest absolute Gasteiger partial charge is 0.270 e. The van der Waals surface area contributed by atoms with Crippen LogP contribution in [0.2, 0.25) is 0 Å². The fraction of sp³-hybridized carbons (Fsp3) is 0.217. The van der Waals surface area contributed by atoms with E-state index in [0.717, 1.165) is 24.8 Å². The summed E-state index contributed by atoms with van der Waals surface area (Å²) in [5.74, 6) is -0.526. The van der Waals surface area contributed by atoms with Gasteiger partial charge in [-0.15, -0.1) is 0 Å². The molecule has 1 aliphatic rings. The van der Waals surface area contributed by atoms with Gasteiger partial charge < -0.3 is 5.32 Å². The van der Waals surface area contributed by atoms with Gasteiger partial charge in [0.1, 0.15) is 0 Å². The average Bonchev–Trinajstić information content (AvgIpc) is 2.85. The van der Waals surface area contributed by atoms with Crippen LogP contribution in [-0.4, -0.2) is 35.1 Å². The van der Waals surface area contributed by atoms with Crippen molar-refractivity contribution in [2.24, 2.45) is 0 Å². The predicted octanol–water partition coefficient (Wildman–Crippen LogP) is 4.16. The first-order chi connectivity index (χ1) is 15.9. The van der Waals surface area contributed by atoms with E-state index in [4.69, 9.17) is 0 Å². The van der Waals surface area contributed by atoms with Crippen LogP contribution in [0.5, 0.6) is 0 Å². The second-order valence-corrected chi connectivity index (χ2v) is 9.59. The standard InChI is InChI=1S/C23H22N4O5S/c28-23(17-5-3-7-20(15-17)27(29)30)25-19-9-11-21(12-10-19)33(31,32)26-14-2-1-8-22(26)18-6-4-13-24-16-18/h3-7,9-13,15-16,22H,1-2,8,14H2,(H,25,28)/t22-/m0/s1. The Kier molecular flexibility index (Phi) is 6.47. The minimum absolute atomic E-state index is 0.131. The van der Waals surface area contributed by atoms with E-state index in [0.29, 0.717) is 12.2 Å². The molecule has 0 spiro atoms. The van der Waals surface area contributed by atoms with Crippen molar-refractivity contribution in [2.75, 3.05) is 11.9 Å². The maximum atomic E-state index is 13.4. The van der Waals surface area contributed by atoms with E-state index >= 15 is 0 Å². The Morgan fingerprint density at radius 2 is 1.88 bits per heavy atom. The van der Waals surface area contributed by atoms with Crippen molar-refractivity contribution < 1.29 is 18.1 Å². The van der Waals surface area contributed by atoms with Gasteiger partial charge in [0.15, 0.2) is 0 Å². The molecule has 33 heavy (non-hydrogen) atoms. The molecule has 2 heterocycles. The Balaban J connectivity index is 1.52. The van der Waals surface area contributed by atoms with Crippen LogP contribution in [0.1, 0.15) is 41.2 Å². The zero-order valence-electron chi connectivity index (χ0n) is 17.6. The molecule has 1 aliphatic heterocycles. The molecule has 9 nitrogen and oxygen atoms in total. The first-order valence-electron chi connectivity index (χ1n) is 10.4. The number of aromatic nitrogens is 1. The number of rotatable bonds is 6. The number of carbonyl (C=O) groups excluding carboxylic acids is 1. The quantitative estimate of drug-likeness (QED) is 0.430. The average molecular weight is 467 g/mol. The van der Waals surface area contributed by atoms with Gasteiger partial charge in [-0.1, -0.05) is 18.6 Å². The van der Waals surface area contributed by atoms with Crippen molar-refractivity contribution in [1.29, 1.82) is 0 Å². The van der Waals surface area contributed by atoms with E-state index in [1.54, 1.807) is 18.5 Å². The number of hydrogen-bond donors (Lipinski definition) is 1. The molecule has 1 aromatic heterocycles. The maximum absolute atomic E-state index is 13.4. The molecule has 0 radical (unpaired) electrons. The number of pyridine rings is 1. The molecule has 1 amide bonds. The van der Waals surface area contributed by atoms with Gasteiger partial charge in [0, 0.05) is 42.3 Å². The summed E-state index contributed by atoms with van der Waals surface area (Å²) in [6, 6.07) is 14.7. The summed E-state index contributed by atoms with van der Waals surface area (Å²) in [5, 5.41) is 13.6. The highest BCUT2D eigenvalue weighted by Crippen LogP contribution is 2.35. The van der Waals surface area contributed by atoms with Crippen LogP contribution in [0.25, 0.3) is 0 Å². The van der Waals surface area contributed by atoms with Gasteiger partial charge in [-0.25, -0.2) is 8.42 Å². The van der Waals surface area contributed by atoms with Crippen LogP contribution in [0.15, 0.2) is 78.0 Å². The summed E-state index contributed by atoms with van der Waals surface area (Å²) in [5.41, 5.74) is 1.19. The van der Waals surface area contributed by atoms with E-state index in [9.17, 15) is 23.3 Å². The third-order valence-corrected chi connectivity index (χ3v) is 7.48. The molecule has 1 atom stereocenters. The molecule has 4 rings (SSSR count). The number of non-ortho nitro benzene ring substituents is 1. The zero-order chi connectivity index (χ0) is 23.4. The summed E-state index contributed by atoms with van der Waals surface area (Å²) < 4.78 is 28.3. The first-order valence-corrected chi connectivity index (χ1v) is 11.9. The van der Waals surface area contributed by atoms with E-state index in [-0.39, 0.29) is 22.2 Å². The molecule has 3 aromatic rings. The molecule has 0 bridgehead atoms. The van der Waals surface area contributed by atoms with E-state index in [1.807, 2.05) is 6.07 Å². The van der Waals surface area contributed by atoms with Crippen LogP contribution in [0, 0.1) is 10.1 Å².